The van der Waals surface area contributed by atoms with Gasteiger partial charge in [-0.2, -0.15) is 0 Å². The molecule has 0 saturated heterocycles. The third-order valence-corrected chi connectivity index (χ3v) is 3.04. The number of nitrogens with one attached hydrogen (secondary N) is 2. The van der Waals surface area contributed by atoms with Crippen LogP contribution in [0.4, 0.5) is 16.2 Å². The van der Waals surface area contributed by atoms with Gasteiger partial charge in [0.15, 0.2) is 0 Å². The maximum absolute atomic E-state index is 10.8. The molecular weight excluding hydrogens is 244 g/mol. The Kier molecular flexibility index (Phi) is 3.14. The van der Waals surface area contributed by atoms with Crippen molar-refractivity contribution < 1.29 is 14.6 Å². The first-order valence-corrected chi connectivity index (χ1v) is 6.02. The highest BCUT2D eigenvalue weighted by molar-refractivity contribution is 5.90. The molecule has 1 aliphatic heterocycles. The molecule has 1 heterocycles. The Balaban J connectivity index is 2.53. The number of hydrogen-bond donors (Lipinski definition) is 3. The van der Waals surface area contributed by atoms with Crippen molar-refractivity contribution in [2.75, 3.05) is 17.7 Å². The number of carbonyl (C=O) groups is 1. The Bertz CT molecular complexity index is 562. The van der Waals surface area contributed by atoms with Crippen LogP contribution >= 0.6 is 0 Å². The third-order valence-electron chi connectivity index (χ3n) is 3.04. The Morgan fingerprint density at radius 2 is 2.11 bits per heavy atom. The maximum atomic E-state index is 10.8. The molecule has 0 spiro atoms. The monoisotopic (exact) mass is 262 g/mol. The predicted molar refractivity (Wildman–Crippen MR) is 76.0 cm³/mol. The van der Waals surface area contributed by atoms with Gasteiger partial charge in [0.2, 0.25) is 0 Å². The SMILES string of the molecule is COc1cc2c(cc1NC(=O)O)C(C)=CC(C)(C)N2. The maximum Gasteiger partial charge on any atom is 0.409 e. The number of ether oxygens (including phenoxy) is 1. The van der Waals surface area contributed by atoms with Crippen LogP contribution in [0.5, 0.6) is 5.75 Å². The summed E-state index contributed by atoms with van der Waals surface area (Å²) in [4.78, 5) is 10.8. The normalized spacial score (nSPS) is 15.9. The molecule has 3 N–H and O–H groups in total. The molecular formula is C14H18N2O3. The van der Waals surface area contributed by atoms with Crippen LogP contribution in [0.15, 0.2) is 18.2 Å². The fraction of sp³-hybridized carbons (Fsp3) is 0.357. The van der Waals surface area contributed by atoms with Gasteiger partial charge in [0.1, 0.15) is 5.75 Å². The Hall–Kier alpha value is -2.17. The number of amides is 1. The first-order chi connectivity index (χ1) is 8.82. The van der Waals surface area contributed by atoms with Gasteiger partial charge in [-0.1, -0.05) is 6.08 Å². The number of rotatable bonds is 2. The van der Waals surface area contributed by atoms with Gasteiger partial charge in [-0.25, -0.2) is 4.79 Å². The van der Waals surface area contributed by atoms with E-state index in [2.05, 4.69) is 30.6 Å². The van der Waals surface area contributed by atoms with Gasteiger partial charge in [-0.15, -0.1) is 0 Å². The van der Waals surface area contributed by atoms with Crippen LogP contribution in [-0.2, 0) is 0 Å². The van der Waals surface area contributed by atoms with E-state index in [1.54, 1.807) is 6.07 Å². The molecule has 0 bridgehead atoms. The number of fused-ring (bicyclic) bond motifs is 1. The zero-order valence-electron chi connectivity index (χ0n) is 11.5. The van der Waals surface area contributed by atoms with Crippen LogP contribution in [0, 0.1) is 0 Å². The molecule has 5 nitrogen and oxygen atoms in total. The van der Waals surface area contributed by atoms with Crippen LogP contribution in [-0.4, -0.2) is 23.8 Å². The lowest BCUT2D eigenvalue weighted by atomic mass is 9.91. The number of hydrogen-bond acceptors (Lipinski definition) is 3. The number of carboxylic acid groups (broad SMARTS) is 1. The number of allylic oxidation sites excluding steroid dienone is 1. The van der Waals surface area contributed by atoms with E-state index in [0.29, 0.717) is 11.4 Å². The van der Waals surface area contributed by atoms with Crippen molar-refractivity contribution in [2.45, 2.75) is 26.3 Å². The first-order valence-electron chi connectivity index (χ1n) is 6.02. The third kappa shape index (κ3) is 2.65. The molecule has 0 saturated carbocycles. The lowest BCUT2D eigenvalue weighted by molar-refractivity contribution is 0.209. The Morgan fingerprint density at radius 1 is 1.42 bits per heavy atom. The molecule has 2 rings (SSSR count). The molecule has 5 heteroatoms. The molecule has 102 valence electrons. The summed E-state index contributed by atoms with van der Waals surface area (Å²) in [5, 5.41) is 14.6. The van der Waals surface area contributed by atoms with E-state index in [-0.39, 0.29) is 5.54 Å². The van der Waals surface area contributed by atoms with E-state index in [4.69, 9.17) is 9.84 Å². The summed E-state index contributed by atoms with van der Waals surface area (Å²) in [5.74, 6) is 0.499. The summed E-state index contributed by atoms with van der Waals surface area (Å²) >= 11 is 0. The fourth-order valence-electron chi connectivity index (χ4n) is 2.39. The minimum Gasteiger partial charge on any atom is -0.494 e. The average Bonchev–Trinajstić information content (AvgIpc) is 2.27. The Morgan fingerprint density at radius 3 is 2.68 bits per heavy atom. The minimum atomic E-state index is -1.11. The van der Waals surface area contributed by atoms with Gasteiger partial charge >= 0.3 is 6.09 Å². The zero-order valence-corrected chi connectivity index (χ0v) is 11.5. The second kappa shape index (κ2) is 4.50. The lowest BCUT2D eigenvalue weighted by Crippen LogP contribution is -2.31. The zero-order chi connectivity index (χ0) is 14.2. The van der Waals surface area contributed by atoms with Gasteiger partial charge in [-0.3, -0.25) is 5.32 Å². The molecule has 1 aromatic carbocycles. The van der Waals surface area contributed by atoms with Crippen LogP contribution < -0.4 is 15.4 Å². The van der Waals surface area contributed by atoms with Gasteiger partial charge in [-0.05, 0) is 32.4 Å². The summed E-state index contributed by atoms with van der Waals surface area (Å²) in [6.45, 7) is 6.17. The molecule has 0 fully saturated rings. The second-order valence-corrected chi connectivity index (χ2v) is 5.20. The molecule has 0 radical (unpaired) electrons. The molecule has 0 aromatic heterocycles. The van der Waals surface area contributed by atoms with Crippen LogP contribution in [0.25, 0.3) is 5.57 Å². The summed E-state index contributed by atoms with van der Waals surface area (Å²) in [6, 6.07) is 3.61. The topological polar surface area (TPSA) is 70.6 Å². The van der Waals surface area contributed by atoms with Gasteiger partial charge in [0.05, 0.1) is 18.3 Å². The van der Waals surface area contributed by atoms with Crippen molar-refractivity contribution >= 4 is 23.0 Å². The van der Waals surface area contributed by atoms with Crippen LogP contribution in [0.2, 0.25) is 0 Å². The number of methoxy groups -OCH3 is 1. The van der Waals surface area contributed by atoms with E-state index in [0.717, 1.165) is 16.8 Å². The quantitative estimate of drug-likeness (QED) is 0.764. The van der Waals surface area contributed by atoms with Crippen molar-refractivity contribution in [3.05, 3.63) is 23.8 Å². The van der Waals surface area contributed by atoms with Gasteiger partial charge < -0.3 is 15.2 Å². The van der Waals surface area contributed by atoms with Crippen molar-refractivity contribution in [1.29, 1.82) is 0 Å². The highest BCUT2D eigenvalue weighted by Crippen LogP contribution is 2.39. The first kappa shape index (κ1) is 13.3. The second-order valence-electron chi connectivity index (χ2n) is 5.20. The molecule has 19 heavy (non-hydrogen) atoms. The molecule has 0 unspecified atom stereocenters. The van der Waals surface area contributed by atoms with Gasteiger partial charge in [0.25, 0.3) is 0 Å². The van der Waals surface area contributed by atoms with E-state index in [1.807, 2.05) is 13.0 Å². The molecule has 0 atom stereocenters. The smallest absolute Gasteiger partial charge is 0.409 e. The number of benzene rings is 1. The molecule has 1 amide bonds. The summed E-state index contributed by atoms with van der Waals surface area (Å²) in [5.41, 5.74) is 3.34. The predicted octanol–water partition coefficient (Wildman–Crippen LogP) is 3.39. The molecule has 1 aliphatic rings. The highest BCUT2D eigenvalue weighted by atomic mass is 16.5. The summed E-state index contributed by atoms with van der Waals surface area (Å²) < 4.78 is 5.23. The van der Waals surface area contributed by atoms with Crippen molar-refractivity contribution in [1.82, 2.24) is 0 Å². The molecule has 0 aliphatic carbocycles. The van der Waals surface area contributed by atoms with Crippen LogP contribution in [0.3, 0.4) is 0 Å². The summed E-state index contributed by atoms with van der Waals surface area (Å²) in [6.07, 6.45) is 1.01. The number of anilines is 2. The molecule has 1 aromatic rings. The lowest BCUT2D eigenvalue weighted by Gasteiger charge is -2.32. The Labute approximate surface area is 112 Å². The minimum absolute atomic E-state index is 0.135. The van der Waals surface area contributed by atoms with E-state index < -0.39 is 6.09 Å². The largest absolute Gasteiger partial charge is 0.494 e. The van der Waals surface area contributed by atoms with Crippen molar-refractivity contribution in [2.24, 2.45) is 0 Å². The average molecular weight is 262 g/mol. The van der Waals surface area contributed by atoms with E-state index in [1.165, 1.54) is 7.11 Å². The van der Waals surface area contributed by atoms with Crippen molar-refractivity contribution in [3.8, 4) is 5.75 Å². The fourth-order valence-corrected chi connectivity index (χ4v) is 2.39. The van der Waals surface area contributed by atoms with E-state index in [9.17, 15) is 4.79 Å². The van der Waals surface area contributed by atoms with Crippen molar-refractivity contribution in [3.63, 3.8) is 0 Å². The van der Waals surface area contributed by atoms with E-state index >= 15 is 0 Å². The van der Waals surface area contributed by atoms with Crippen LogP contribution in [0.1, 0.15) is 26.3 Å². The summed E-state index contributed by atoms with van der Waals surface area (Å²) in [7, 11) is 1.52. The van der Waals surface area contributed by atoms with Gasteiger partial charge in [0, 0.05) is 17.3 Å². The highest BCUT2D eigenvalue weighted by Gasteiger charge is 2.24. The standard InChI is InChI=1S/C14H18N2O3/c1-8-7-14(2,3)16-10-6-12(19-4)11(5-9(8)10)15-13(17)18/h5-7,15-16H,1-4H3,(H,17,18).